The van der Waals surface area contributed by atoms with Gasteiger partial charge in [0.2, 0.25) is 0 Å². The van der Waals surface area contributed by atoms with E-state index in [4.69, 9.17) is 23.2 Å². The molecule has 0 aliphatic rings. The zero-order chi connectivity index (χ0) is 19.7. The van der Waals surface area contributed by atoms with Crippen molar-refractivity contribution in [2.45, 2.75) is 10.9 Å². The van der Waals surface area contributed by atoms with Crippen molar-refractivity contribution in [2.75, 3.05) is 0 Å². The standard InChI is InChI=1S/C21H13Cl2FN2OS/c22-15-10-9-13(11-16(15)23)12-28-21-25-18-7-3-1-5-14(18)20(27)26(21)19-8-4-2-6-17(19)24/h1-11H,12H2. The SMILES string of the molecule is O=c1c2ccccc2nc(SCc2ccc(Cl)c(Cl)c2)n1-c1ccccc1F. The molecule has 0 aliphatic carbocycles. The van der Waals surface area contributed by atoms with Gasteiger partial charge in [-0.25, -0.2) is 9.37 Å². The van der Waals surface area contributed by atoms with Crippen LogP contribution in [-0.2, 0) is 5.75 Å². The molecule has 0 unspecified atom stereocenters. The van der Waals surface area contributed by atoms with E-state index in [1.54, 1.807) is 48.5 Å². The first kappa shape index (κ1) is 19.0. The maximum absolute atomic E-state index is 14.5. The van der Waals surface area contributed by atoms with Crippen LogP contribution in [0.1, 0.15) is 5.56 Å². The molecule has 0 atom stereocenters. The zero-order valence-electron chi connectivity index (χ0n) is 14.4. The van der Waals surface area contributed by atoms with Crippen molar-refractivity contribution < 1.29 is 4.39 Å². The van der Waals surface area contributed by atoms with E-state index in [2.05, 4.69) is 4.98 Å². The number of rotatable bonds is 4. The molecule has 0 fully saturated rings. The summed E-state index contributed by atoms with van der Waals surface area (Å²) in [6.45, 7) is 0. The van der Waals surface area contributed by atoms with Crippen LogP contribution in [0.4, 0.5) is 4.39 Å². The fourth-order valence-corrected chi connectivity index (χ4v) is 4.10. The van der Waals surface area contributed by atoms with Crippen molar-refractivity contribution in [3.8, 4) is 5.69 Å². The summed E-state index contributed by atoms with van der Waals surface area (Å²) >= 11 is 13.4. The van der Waals surface area contributed by atoms with Gasteiger partial charge in [-0.3, -0.25) is 9.36 Å². The highest BCUT2D eigenvalue weighted by Crippen LogP contribution is 2.28. The largest absolute Gasteiger partial charge is 0.268 e. The second-order valence-electron chi connectivity index (χ2n) is 6.04. The molecule has 3 nitrogen and oxygen atoms in total. The maximum Gasteiger partial charge on any atom is 0.266 e. The Hall–Kier alpha value is -2.34. The van der Waals surface area contributed by atoms with Crippen molar-refractivity contribution in [1.82, 2.24) is 9.55 Å². The normalized spacial score (nSPS) is 11.1. The number of halogens is 3. The molecule has 28 heavy (non-hydrogen) atoms. The predicted octanol–water partition coefficient (Wildman–Crippen LogP) is 6.12. The average Bonchev–Trinajstić information content (AvgIpc) is 2.70. The Morgan fingerprint density at radius 2 is 1.71 bits per heavy atom. The highest BCUT2D eigenvalue weighted by atomic mass is 35.5. The summed E-state index contributed by atoms with van der Waals surface area (Å²) in [5, 5.41) is 1.77. The predicted molar refractivity (Wildman–Crippen MR) is 113 cm³/mol. The molecule has 0 bridgehead atoms. The average molecular weight is 431 g/mol. The Balaban J connectivity index is 1.84. The van der Waals surface area contributed by atoms with Gasteiger partial charge in [0.05, 0.1) is 26.6 Å². The fourth-order valence-electron chi connectivity index (χ4n) is 2.83. The van der Waals surface area contributed by atoms with E-state index in [9.17, 15) is 9.18 Å². The van der Waals surface area contributed by atoms with E-state index in [0.717, 1.165) is 5.56 Å². The summed E-state index contributed by atoms with van der Waals surface area (Å²) in [4.78, 5) is 17.7. The molecule has 1 aromatic heterocycles. The van der Waals surface area contributed by atoms with Gasteiger partial charge in [0.25, 0.3) is 5.56 Å². The number of benzene rings is 3. The van der Waals surface area contributed by atoms with Crippen LogP contribution >= 0.6 is 35.0 Å². The molecule has 0 amide bonds. The molecule has 1 heterocycles. The molecule has 0 N–H and O–H groups in total. The molecule has 0 saturated carbocycles. The molecular formula is C21H13Cl2FN2OS. The van der Waals surface area contributed by atoms with Crippen LogP contribution in [0.3, 0.4) is 0 Å². The van der Waals surface area contributed by atoms with Gasteiger partial charge < -0.3 is 0 Å². The number of hydrogen-bond donors (Lipinski definition) is 0. The molecule has 4 rings (SSSR count). The summed E-state index contributed by atoms with van der Waals surface area (Å²) < 4.78 is 15.8. The first-order chi connectivity index (χ1) is 13.5. The number of fused-ring (bicyclic) bond motifs is 1. The molecule has 0 spiro atoms. The van der Waals surface area contributed by atoms with Crippen molar-refractivity contribution in [1.29, 1.82) is 0 Å². The van der Waals surface area contributed by atoms with Crippen LogP contribution in [0.15, 0.2) is 76.7 Å². The third-order valence-corrected chi connectivity index (χ3v) is 5.94. The van der Waals surface area contributed by atoms with Crippen LogP contribution < -0.4 is 5.56 Å². The zero-order valence-corrected chi connectivity index (χ0v) is 16.7. The number of para-hydroxylation sites is 2. The van der Waals surface area contributed by atoms with Crippen molar-refractivity contribution in [3.05, 3.63) is 98.5 Å². The quantitative estimate of drug-likeness (QED) is 0.288. The molecule has 4 aromatic rings. The molecular weight excluding hydrogens is 418 g/mol. The first-order valence-electron chi connectivity index (χ1n) is 8.38. The second-order valence-corrected chi connectivity index (χ2v) is 7.80. The van der Waals surface area contributed by atoms with Crippen LogP contribution in [0, 0.1) is 5.82 Å². The summed E-state index contributed by atoms with van der Waals surface area (Å²) in [6, 6.07) is 18.5. The summed E-state index contributed by atoms with van der Waals surface area (Å²) in [7, 11) is 0. The van der Waals surface area contributed by atoms with Gasteiger partial charge in [-0.15, -0.1) is 0 Å². The Morgan fingerprint density at radius 3 is 2.50 bits per heavy atom. The number of nitrogens with zero attached hydrogens (tertiary/aromatic N) is 2. The topological polar surface area (TPSA) is 34.9 Å². The van der Waals surface area contributed by atoms with Crippen molar-refractivity contribution in [3.63, 3.8) is 0 Å². The third-order valence-electron chi connectivity index (χ3n) is 4.19. The van der Waals surface area contributed by atoms with E-state index in [1.165, 1.54) is 22.4 Å². The second kappa shape index (κ2) is 7.95. The fraction of sp³-hybridized carbons (Fsp3) is 0.0476. The monoisotopic (exact) mass is 430 g/mol. The number of hydrogen-bond acceptors (Lipinski definition) is 3. The Bertz CT molecular complexity index is 1240. The molecule has 0 aliphatic heterocycles. The van der Waals surface area contributed by atoms with E-state index in [-0.39, 0.29) is 11.2 Å². The minimum Gasteiger partial charge on any atom is -0.268 e. The first-order valence-corrected chi connectivity index (χ1v) is 10.1. The van der Waals surface area contributed by atoms with Crippen LogP contribution in [-0.4, -0.2) is 9.55 Å². The van der Waals surface area contributed by atoms with E-state index < -0.39 is 5.82 Å². The van der Waals surface area contributed by atoms with Crippen LogP contribution in [0.5, 0.6) is 0 Å². The highest BCUT2D eigenvalue weighted by Gasteiger charge is 2.16. The Labute approximate surface area is 174 Å². The van der Waals surface area contributed by atoms with Crippen LogP contribution in [0.25, 0.3) is 16.6 Å². The molecule has 140 valence electrons. The maximum atomic E-state index is 14.5. The van der Waals surface area contributed by atoms with Gasteiger partial charge in [0, 0.05) is 5.75 Å². The number of thioether (sulfide) groups is 1. The summed E-state index contributed by atoms with van der Waals surface area (Å²) in [6.07, 6.45) is 0. The minimum absolute atomic E-state index is 0.169. The minimum atomic E-state index is -0.488. The number of aromatic nitrogens is 2. The molecule has 0 radical (unpaired) electrons. The molecule has 7 heteroatoms. The highest BCUT2D eigenvalue weighted by molar-refractivity contribution is 7.98. The van der Waals surface area contributed by atoms with E-state index in [1.807, 2.05) is 12.1 Å². The lowest BCUT2D eigenvalue weighted by molar-refractivity contribution is 0.608. The van der Waals surface area contributed by atoms with Gasteiger partial charge in [-0.2, -0.15) is 0 Å². The van der Waals surface area contributed by atoms with Crippen molar-refractivity contribution >= 4 is 45.9 Å². The smallest absolute Gasteiger partial charge is 0.266 e. The van der Waals surface area contributed by atoms with Crippen molar-refractivity contribution in [2.24, 2.45) is 0 Å². The van der Waals surface area contributed by atoms with Gasteiger partial charge in [-0.1, -0.05) is 65.3 Å². The third kappa shape index (κ3) is 3.65. The lowest BCUT2D eigenvalue weighted by atomic mass is 10.2. The summed E-state index contributed by atoms with van der Waals surface area (Å²) in [5.41, 5.74) is 1.34. The lowest BCUT2D eigenvalue weighted by Crippen LogP contribution is -2.22. The molecule has 0 saturated heterocycles. The van der Waals surface area contributed by atoms with Crippen LogP contribution in [0.2, 0.25) is 10.0 Å². The van der Waals surface area contributed by atoms with Gasteiger partial charge in [0.1, 0.15) is 5.82 Å². The Kier molecular flexibility index (Phi) is 5.40. The van der Waals surface area contributed by atoms with Gasteiger partial charge in [-0.05, 0) is 42.0 Å². The summed E-state index contributed by atoms with van der Waals surface area (Å²) in [5.74, 6) is 0.00825. The van der Waals surface area contributed by atoms with Gasteiger partial charge >= 0.3 is 0 Å². The van der Waals surface area contributed by atoms with E-state index in [0.29, 0.717) is 31.9 Å². The van der Waals surface area contributed by atoms with E-state index >= 15 is 0 Å². The Morgan fingerprint density at radius 1 is 0.964 bits per heavy atom. The lowest BCUT2D eigenvalue weighted by Gasteiger charge is -2.14. The van der Waals surface area contributed by atoms with Gasteiger partial charge in [0.15, 0.2) is 5.16 Å². The molecule has 3 aromatic carbocycles.